The van der Waals surface area contributed by atoms with Crippen LogP contribution in [0.1, 0.15) is 16.1 Å². The number of benzene rings is 2. The van der Waals surface area contributed by atoms with Gasteiger partial charge in [0.1, 0.15) is 5.69 Å². The van der Waals surface area contributed by atoms with Crippen molar-refractivity contribution < 1.29 is 18.0 Å². The fourth-order valence-electron chi connectivity index (χ4n) is 2.44. The average Bonchev–Trinajstić information content (AvgIpc) is 2.70. The zero-order valence-corrected chi connectivity index (χ0v) is 14.2. The number of pyridine rings is 1. The standard InChI is InChI=1S/C20H16F3N3O/c21-15-7-9-16(19(23)18(15)22)26-20(27)17-8-6-14(12-25-17)24-11-10-13-4-2-1-3-5-13/h1-9,12,24H,10-11H2,(H,26,27). The molecule has 1 heterocycles. The number of anilines is 2. The Morgan fingerprint density at radius 2 is 1.70 bits per heavy atom. The van der Waals surface area contributed by atoms with E-state index in [1.165, 1.54) is 17.8 Å². The molecule has 1 aromatic heterocycles. The van der Waals surface area contributed by atoms with Gasteiger partial charge in [0.25, 0.3) is 5.91 Å². The second-order valence-corrected chi connectivity index (χ2v) is 5.77. The second-order valence-electron chi connectivity index (χ2n) is 5.77. The van der Waals surface area contributed by atoms with Crippen LogP contribution in [0.3, 0.4) is 0 Å². The van der Waals surface area contributed by atoms with E-state index >= 15 is 0 Å². The van der Waals surface area contributed by atoms with Crippen LogP contribution < -0.4 is 10.6 Å². The maximum Gasteiger partial charge on any atom is 0.274 e. The third-order valence-electron chi connectivity index (χ3n) is 3.87. The van der Waals surface area contributed by atoms with Crippen LogP contribution in [0.25, 0.3) is 0 Å². The molecule has 0 aliphatic rings. The van der Waals surface area contributed by atoms with E-state index in [9.17, 15) is 18.0 Å². The highest BCUT2D eigenvalue weighted by Gasteiger charge is 2.16. The molecule has 0 bridgehead atoms. The molecule has 0 radical (unpaired) electrons. The van der Waals surface area contributed by atoms with Crippen LogP contribution in [0, 0.1) is 17.5 Å². The first-order chi connectivity index (χ1) is 13.0. The molecule has 3 rings (SSSR count). The smallest absolute Gasteiger partial charge is 0.274 e. The summed E-state index contributed by atoms with van der Waals surface area (Å²) < 4.78 is 39.8. The molecule has 0 spiro atoms. The number of halogens is 3. The Bertz CT molecular complexity index is 931. The Balaban J connectivity index is 1.58. The van der Waals surface area contributed by atoms with E-state index in [1.807, 2.05) is 30.3 Å². The predicted octanol–water partition coefficient (Wildman–Crippen LogP) is 4.41. The number of nitrogens with zero attached hydrogens (tertiary/aromatic N) is 1. The number of amides is 1. The van der Waals surface area contributed by atoms with E-state index < -0.39 is 29.0 Å². The van der Waals surface area contributed by atoms with Crippen molar-refractivity contribution in [2.24, 2.45) is 0 Å². The van der Waals surface area contributed by atoms with Gasteiger partial charge in [-0.15, -0.1) is 0 Å². The van der Waals surface area contributed by atoms with Crippen molar-refractivity contribution >= 4 is 17.3 Å². The SMILES string of the molecule is O=C(Nc1ccc(F)c(F)c1F)c1ccc(NCCc2ccccc2)cn1. The van der Waals surface area contributed by atoms with Gasteiger partial charge in [-0.05, 0) is 36.2 Å². The molecule has 0 aliphatic carbocycles. The van der Waals surface area contributed by atoms with Crippen molar-refractivity contribution in [3.63, 3.8) is 0 Å². The first-order valence-corrected chi connectivity index (χ1v) is 8.23. The zero-order chi connectivity index (χ0) is 19.2. The molecule has 2 N–H and O–H groups in total. The van der Waals surface area contributed by atoms with Crippen LogP contribution in [0.15, 0.2) is 60.8 Å². The fraction of sp³-hybridized carbons (Fsp3) is 0.100. The molecule has 2 aromatic carbocycles. The van der Waals surface area contributed by atoms with Gasteiger partial charge >= 0.3 is 0 Å². The Morgan fingerprint density at radius 1 is 0.926 bits per heavy atom. The molecule has 138 valence electrons. The molecule has 7 heteroatoms. The van der Waals surface area contributed by atoms with Crippen molar-refractivity contribution in [2.45, 2.75) is 6.42 Å². The first-order valence-electron chi connectivity index (χ1n) is 8.23. The number of carbonyl (C=O) groups excluding carboxylic acids is 1. The van der Waals surface area contributed by atoms with Crippen LogP contribution in [0.2, 0.25) is 0 Å². The molecule has 1 amide bonds. The number of rotatable bonds is 6. The number of hydrogen-bond acceptors (Lipinski definition) is 3. The minimum Gasteiger partial charge on any atom is -0.383 e. The number of carbonyl (C=O) groups is 1. The summed E-state index contributed by atoms with van der Waals surface area (Å²) in [5.74, 6) is -5.15. The average molecular weight is 371 g/mol. The first kappa shape index (κ1) is 18.4. The summed E-state index contributed by atoms with van der Waals surface area (Å²) in [6.07, 6.45) is 2.31. The lowest BCUT2D eigenvalue weighted by Crippen LogP contribution is -2.15. The lowest BCUT2D eigenvalue weighted by atomic mass is 10.1. The van der Waals surface area contributed by atoms with Gasteiger partial charge in [0, 0.05) is 6.54 Å². The van der Waals surface area contributed by atoms with E-state index in [4.69, 9.17) is 0 Å². The second kappa shape index (κ2) is 8.35. The Labute approximate surface area is 154 Å². The molecule has 0 saturated carbocycles. The van der Waals surface area contributed by atoms with Crippen molar-refractivity contribution in [2.75, 3.05) is 17.2 Å². The number of nitrogens with one attached hydrogen (secondary N) is 2. The monoisotopic (exact) mass is 371 g/mol. The van der Waals surface area contributed by atoms with Crippen molar-refractivity contribution in [1.29, 1.82) is 0 Å². The number of aromatic nitrogens is 1. The summed E-state index contributed by atoms with van der Waals surface area (Å²) in [6.45, 7) is 0.692. The topological polar surface area (TPSA) is 54.0 Å². The van der Waals surface area contributed by atoms with Crippen LogP contribution in [0.5, 0.6) is 0 Å². The van der Waals surface area contributed by atoms with Gasteiger partial charge in [0.2, 0.25) is 0 Å². The summed E-state index contributed by atoms with van der Waals surface area (Å²) in [6, 6.07) is 14.8. The van der Waals surface area contributed by atoms with Crippen LogP contribution >= 0.6 is 0 Å². The van der Waals surface area contributed by atoms with E-state index in [-0.39, 0.29) is 5.69 Å². The summed E-state index contributed by atoms with van der Waals surface area (Å²) >= 11 is 0. The van der Waals surface area contributed by atoms with Gasteiger partial charge in [-0.2, -0.15) is 0 Å². The van der Waals surface area contributed by atoms with Gasteiger partial charge < -0.3 is 10.6 Å². The Hall–Kier alpha value is -3.35. The molecule has 0 aliphatic heterocycles. The molecular formula is C20H16F3N3O. The normalized spacial score (nSPS) is 10.5. The maximum absolute atomic E-state index is 13.6. The molecule has 4 nitrogen and oxygen atoms in total. The third-order valence-corrected chi connectivity index (χ3v) is 3.87. The Morgan fingerprint density at radius 3 is 2.41 bits per heavy atom. The van der Waals surface area contributed by atoms with E-state index in [0.29, 0.717) is 6.54 Å². The lowest BCUT2D eigenvalue weighted by Gasteiger charge is -2.09. The lowest BCUT2D eigenvalue weighted by molar-refractivity contribution is 0.102. The van der Waals surface area contributed by atoms with Crippen molar-refractivity contribution in [1.82, 2.24) is 4.98 Å². The van der Waals surface area contributed by atoms with Gasteiger partial charge in [-0.1, -0.05) is 30.3 Å². The highest BCUT2D eigenvalue weighted by molar-refractivity contribution is 6.03. The van der Waals surface area contributed by atoms with Gasteiger partial charge in [0.15, 0.2) is 17.5 Å². The van der Waals surface area contributed by atoms with Crippen molar-refractivity contribution in [3.8, 4) is 0 Å². The third kappa shape index (κ3) is 4.63. The molecule has 3 aromatic rings. The highest BCUT2D eigenvalue weighted by Crippen LogP contribution is 2.20. The minimum atomic E-state index is -1.64. The maximum atomic E-state index is 13.6. The van der Waals surface area contributed by atoms with Gasteiger partial charge in [0.05, 0.1) is 17.6 Å². The van der Waals surface area contributed by atoms with Crippen LogP contribution in [-0.4, -0.2) is 17.4 Å². The molecule has 0 unspecified atom stereocenters. The quantitative estimate of drug-likeness (QED) is 0.631. The minimum absolute atomic E-state index is 0.0211. The van der Waals surface area contributed by atoms with Crippen LogP contribution in [-0.2, 0) is 6.42 Å². The highest BCUT2D eigenvalue weighted by atomic mass is 19.2. The van der Waals surface area contributed by atoms with E-state index in [2.05, 4.69) is 15.6 Å². The number of hydrogen-bond donors (Lipinski definition) is 2. The van der Waals surface area contributed by atoms with Gasteiger partial charge in [-0.3, -0.25) is 4.79 Å². The molecule has 0 atom stereocenters. The summed E-state index contributed by atoms with van der Waals surface area (Å²) in [5, 5.41) is 5.36. The molecule has 27 heavy (non-hydrogen) atoms. The Kier molecular flexibility index (Phi) is 5.71. The summed E-state index contributed by atoms with van der Waals surface area (Å²) in [7, 11) is 0. The van der Waals surface area contributed by atoms with Crippen molar-refractivity contribution in [3.05, 3.63) is 89.5 Å². The van der Waals surface area contributed by atoms with E-state index in [0.717, 1.165) is 24.2 Å². The largest absolute Gasteiger partial charge is 0.383 e. The molecule has 0 saturated heterocycles. The fourth-order valence-corrected chi connectivity index (χ4v) is 2.44. The van der Waals surface area contributed by atoms with Gasteiger partial charge in [-0.25, -0.2) is 18.2 Å². The van der Waals surface area contributed by atoms with Crippen LogP contribution in [0.4, 0.5) is 24.5 Å². The zero-order valence-electron chi connectivity index (χ0n) is 14.2. The van der Waals surface area contributed by atoms with E-state index in [1.54, 1.807) is 6.07 Å². The predicted molar refractivity (Wildman–Crippen MR) is 97.1 cm³/mol. The summed E-state index contributed by atoms with van der Waals surface area (Å²) in [5.41, 5.74) is 1.49. The summed E-state index contributed by atoms with van der Waals surface area (Å²) in [4.78, 5) is 16.1. The molecular weight excluding hydrogens is 355 g/mol. The molecule has 0 fully saturated rings.